The highest BCUT2D eigenvalue weighted by atomic mass is 16.5. The van der Waals surface area contributed by atoms with Crippen LogP contribution >= 0.6 is 0 Å². The summed E-state index contributed by atoms with van der Waals surface area (Å²) in [5, 5.41) is 0. The Kier molecular flexibility index (Phi) is 4.05. The molecule has 6 nitrogen and oxygen atoms in total. The number of hydrogen-bond donors (Lipinski definition) is 0. The molecule has 1 amide bonds. The molecule has 160 valence electrons. The van der Waals surface area contributed by atoms with Crippen molar-refractivity contribution in [3.8, 4) is 11.5 Å². The summed E-state index contributed by atoms with van der Waals surface area (Å²) in [6.07, 6.45) is 0.824. The highest BCUT2D eigenvalue weighted by Gasteiger charge is 2.57. The van der Waals surface area contributed by atoms with E-state index in [0.29, 0.717) is 17.9 Å². The number of carbonyl (C=O) groups excluding carboxylic acids is 2. The molecule has 0 bridgehead atoms. The second-order valence-electron chi connectivity index (χ2n) is 8.31. The van der Waals surface area contributed by atoms with Crippen LogP contribution < -0.4 is 14.4 Å². The summed E-state index contributed by atoms with van der Waals surface area (Å²) in [6.45, 7) is 1.16. The Morgan fingerprint density at radius 2 is 1.84 bits per heavy atom. The van der Waals surface area contributed by atoms with E-state index in [1.54, 1.807) is 17.0 Å². The first-order valence-corrected chi connectivity index (χ1v) is 10.6. The maximum Gasteiger partial charge on any atom is 0.338 e. The molecule has 3 aromatic carbocycles. The highest BCUT2D eigenvalue weighted by Crippen LogP contribution is 2.54. The molecule has 0 saturated carbocycles. The number of carbonyl (C=O) groups is 2. The fraction of sp³-hybridized carbons (Fsp3) is 0.231. The fourth-order valence-corrected chi connectivity index (χ4v) is 5.14. The van der Waals surface area contributed by atoms with Crippen LogP contribution in [0, 0.1) is 0 Å². The second kappa shape index (κ2) is 6.85. The summed E-state index contributed by atoms with van der Waals surface area (Å²) < 4.78 is 16.7. The van der Waals surface area contributed by atoms with Crippen LogP contribution in [0.25, 0.3) is 0 Å². The van der Waals surface area contributed by atoms with Crippen molar-refractivity contribution < 1.29 is 23.8 Å². The second-order valence-corrected chi connectivity index (χ2v) is 8.31. The van der Waals surface area contributed by atoms with Gasteiger partial charge in [0.15, 0.2) is 0 Å². The maximum atomic E-state index is 14.1. The molecule has 1 unspecified atom stereocenters. The Labute approximate surface area is 185 Å². The molecule has 6 rings (SSSR count). The molecule has 3 aliphatic rings. The van der Waals surface area contributed by atoms with Gasteiger partial charge in [0.1, 0.15) is 23.5 Å². The first-order valence-electron chi connectivity index (χ1n) is 10.6. The lowest BCUT2D eigenvalue weighted by Crippen LogP contribution is -2.42. The molecule has 0 aliphatic carbocycles. The van der Waals surface area contributed by atoms with E-state index in [4.69, 9.17) is 14.2 Å². The normalized spacial score (nSPS) is 19.9. The molecule has 32 heavy (non-hydrogen) atoms. The fourth-order valence-electron chi connectivity index (χ4n) is 5.14. The smallest absolute Gasteiger partial charge is 0.338 e. The van der Waals surface area contributed by atoms with Gasteiger partial charge in [-0.3, -0.25) is 4.79 Å². The van der Waals surface area contributed by atoms with Gasteiger partial charge >= 0.3 is 5.97 Å². The Morgan fingerprint density at radius 3 is 2.72 bits per heavy atom. The molecule has 0 aromatic heterocycles. The van der Waals surface area contributed by atoms with Crippen LogP contribution in [-0.2, 0) is 27.9 Å². The van der Waals surface area contributed by atoms with Crippen LogP contribution in [0.4, 0.5) is 5.69 Å². The van der Waals surface area contributed by atoms with Gasteiger partial charge < -0.3 is 19.1 Å². The summed E-state index contributed by atoms with van der Waals surface area (Å²) in [5.74, 6) is 1.07. The highest BCUT2D eigenvalue weighted by molar-refractivity contribution is 6.11. The maximum absolute atomic E-state index is 14.1. The first kappa shape index (κ1) is 18.9. The van der Waals surface area contributed by atoms with E-state index in [0.717, 1.165) is 40.1 Å². The van der Waals surface area contributed by atoms with Crippen LogP contribution in [-0.4, -0.2) is 32.2 Å². The number of hydrogen-bond acceptors (Lipinski definition) is 5. The predicted octanol–water partition coefficient (Wildman–Crippen LogP) is 3.63. The molecule has 3 aliphatic heterocycles. The van der Waals surface area contributed by atoms with E-state index in [-0.39, 0.29) is 19.1 Å². The SMILES string of the molecule is COC(=O)c1ccccc1CN1C(=O)C2(COc3cc4c(cc32)CCO4)c2ccccc21. The summed E-state index contributed by atoms with van der Waals surface area (Å²) in [5.41, 5.74) is 4.06. The molecular formula is C26H21NO5. The van der Waals surface area contributed by atoms with Gasteiger partial charge in [-0.2, -0.15) is 0 Å². The number of benzene rings is 3. The van der Waals surface area contributed by atoms with Gasteiger partial charge in [0.25, 0.3) is 0 Å². The van der Waals surface area contributed by atoms with E-state index >= 15 is 0 Å². The van der Waals surface area contributed by atoms with Gasteiger partial charge in [0.05, 0.1) is 25.8 Å². The Hall–Kier alpha value is -3.80. The van der Waals surface area contributed by atoms with Crippen LogP contribution in [0.1, 0.15) is 32.6 Å². The van der Waals surface area contributed by atoms with Gasteiger partial charge in [-0.1, -0.05) is 36.4 Å². The monoisotopic (exact) mass is 427 g/mol. The van der Waals surface area contributed by atoms with E-state index in [9.17, 15) is 9.59 Å². The van der Waals surface area contributed by atoms with Crippen molar-refractivity contribution in [2.45, 2.75) is 18.4 Å². The summed E-state index contributed by atoms with van der Waals surface area (Å²) >= 11 is 0. The molecule has 0 N–H and O–H groups in total. The van der Waals surface area contributed by atoms with Crippen molar-refractivity contribution in [3.05, 3.63) is 88.5 Å². The zero-order valence-corrected chi connectivity index (χ0v) is 17.6. The Morgan fingerprint density at radius 1 is 1.03 bits per heavy atom. The van der Waals surface area contributed by atoms with Crippen molar-refractivity contribution >= 4 is 17.6 Å². The molecule has 0 fully saturated rings. The van der Waals surface area contributed by atoms with Gasteiger partial charge in [-0.25, -0.2) is 4.79 Å². The molecular weight excluding hydrogens is 406 g/mol. The van der Waals surface area contributed by atoms with Crippen LogP contribution in [0.3, 0.4) is 0 Å². The third-order valence-electron chi connectivity index (χ3n) is 6.71. The number of esters is 1. The largest absolute Gasteiger partial charge is 0.493 e. The van der Waals surface area contributed by atoms with E-state index in [2.05, 4.69) is 6.07 Å². The number of anilines is 1. The van der Waals surface area contributed by atoms with E-state index in [1.165, 1.54) is 7.11 Å². The van der Waals surface area contributed by atoms with Crippen molar-refractivity contribution in [2.24, 2.45) is 0 Å². The minimum absolute atomic E-state index is 0.0454. The molecule has 1 atom stereocenters. The standard InChI is InChI=1S/C26H21NO5/c1-30-24(28)18-7-3-2-6-17(18)14-27-21-9-5-4-8-19(21)26(25(27)29)15-32-23-13-22-16(10-11-31-22)12-20(23)26/h2-9,12-13H,10-11,14-15H2,1H3. The Bertz CT molecular complexity index is 1280. The van der Waals surface area contributed by atoms with Crippen molar-refractivity contribution in [1.29, 1.82) is 0 Å². The molecule has 3 heterocycles. The van der Waals surface area contributed by atoms with Crippen molar-refractivity contribution in [2.75, 3.05) is 25.2 Å². The van der Waals surface area contributed by atoms with E-state index < -0.39 is 11.4 Å². The molecule has 3 aromatic rings. The molecule has 6 heteroatoms. The molecule has 1 spiro atoms. The van der Waals surface area contributed by atoms with Gasteiger partial charge in [-0.15, -0.1) is 0 Å². The lowest BCUT2D eigenvalue weighted by molar-refractivity contribution is -0.122. The van der Waals surface area contributed by atoms with Crippen LogP contribution in [0.5, 0.6) is 11.5 Å². The number of amides is 1. The number of ether oxygens (including phenoxy) is 3. The molecule has 0 radical (unpaired) electrons. The Balaban J connectivity index is 1.48. The lowest BCUT2D eigenvalue weighted by Gasteiger charge is -2.24. The van der Waals surface area contributed by atoms with Gasteiger partial charge in [-0.05, 0) is 34.9 Å². The van der Waals surface area contributed by atoms with E-state index in [1.807, 2.05) is 42.5 Å². The van der Waals surface area contributed by atoms with Crippen molar-refractivity contribution in [3.63, 3.8) is 0 Å². The number of rotatable bonds is 3. The zero-order valence-electron chi connectivity index (χ0n) is 17.6. The summed E-state index contributed by atoms with van der Waals surface area (Å²) in [7, 11) is 1.36. The topological polar surface area (TPSA) is 65.1 Å². The lowest BCUT2D eigenvalue weighted by atomic mass is 9.76. The third-order valence-corrected chi connectivity index (χ3v) is 6.71. The summed E-state index contributed by atoms with van der Waals surface area (Å²) in [4.78, 5) is 28.2. The van der Waals surface area contributed by atoms with Crippen LogP contribution in [0.2, 0.25) is 0 Å². The number of nitrogens with zero attached hydrogens (tertiary/aromatic N) is 1. The first-order chi connectivity index (χ1) is 15.6. The predicted molar refractivity (Wildman–Crippen MR) is 117 cm³/mol. The molecule has 0 saturated heterocycles. The average molecular weight is 427 g/mol. The van der Waals surface area contributed by atoms with Crippen molar-refractivity contribution in [1.82, 2.24) is 0 Å². The number of para-hydroxylation sites is 1. The quantitative estimate of drug-likeness (QED) is 0.598. The minimum Gasteiger partial charge on any atom is -0.493 e. The summed E-state index contributed by atoms with van der Waals surface area (Å²) in [6, 6.07) is 19.1. The third kappa shape index (κ3) is 2.46. The minimum atomic E-state index is -0.899. The van der Waals surface area contributed by atoms with Gasteiger partial charge in [0, 0.05) is 23.7 Å². The number of fused-ring (bicyclic) bond motifs is 5. The number of methoxy groups -OCH3 is 1. The zero-order chi connectivity index (χ0) is 21.9. The average Bonchev–Trinajstić information content (AvgIpc) is 3.50. The van der Waals surface area contributed by atoms with Crippen LogP contribution in [0.15, 0.2) is 60.7 Å². The van der Waals surface area contributed by atoms with Gasteiger partial charge in [0.2, 0.25) is 5.91 Å².